The molecule has 0 aromatic heterocycles. The molecule has 3 N–H and O–H groups in total. The maximum atomic E-state index is 12.4. The molecule has 0 spiro atoms. The van der Waals surface area contributed by atoms with Gasteiger partial charge in [0.2, 0.25) is 0 Å². The van der Waals surface area contributed by atoms with Crippen molar-refractivity contribution in [1.29, 1.82) is 0 Å². The van der Waals surface area contributed by atoms with Crippen LogP contribution >= 0.6 is 39.1 Å². The number of anilines is 2. The second kappa shape index (κ2) is 6.04. The highest BCUT2D eigenvalue weighted by atomic mass is 79.9. The van der Waals surface area contributed by atoms with E-state index in [1.54, 1.807) is 25.1 Å². The van der Waals surface area contributed by atoms with Gasteiger partial charge >= 0.3 is 0 Å². The third-order valence-corrected chi connectivity index (χ3v) is 5.44. The second-order valence-electron chi connectivity index (χ2n) is 4.37. The van der Waals surface area contributed by atoms with Gasteiger partial charge in [-0.05, 0) is 42.8 Å². The van der Waals surface area contributed by atoms with E-state index in [1.807, 2.05) is 0 Å². The van der Waals surface area contributed by atoms with E-state index in [4.69, 9.17) is 28.9 Å². The number of nitrogens with one attached hydrogen (secondary N) is 1. The number of rotatable bonds is 3. The van der Waals surface area contributed by atoms with Crippen molar-refractivity contribution in [2.24, 2.45) is 0 Å². The molecule has 21 heavy (non-hydrogen) atoms. The topological polar surface area (TPSA) is 72.2 Å². The SMILES string of the molecule is Cc1cc(Cl)c(S(=O)(=O)Nc2cc(Br)ccc2Cl)cc1N. The molecule has 0 atom stereocenters. The predicted molar refractivity (Wildman–Crippen MR) is 90.6 cm³/mol. The van der Waals surface area contributed by atoms with Gasteiger partial charge in [0.1, 0.15) is 4.90 Å². The number of hydrogen-bond acceptors (Lipinski definition) is 3. The Morgan fingerprint density at radius 2 is 1.81 bits per heavy atom. The van der Waals surface area contributed by atoms with Crippen LogP contribution in [0, 0.1) is 6.92 Å². The summed E-state index contributed by atoms with van der Waals surface area (Å²) in [4.78, 5) is -0.0942. The first-order valence-electron chi connectivity index (χ1n) is 5.74. The average molecular weight is 410 g/mol. The van der Waals surface area contributed by atoms with Crippen LogP contribution in [0.3, 0.4) is 0 Å². The third kappa shape index (κ3) is 3.63. The average Bonchev–Trinajstić information content (AvgIpc) is 2.37. The molecule has 4 nitrogen and oxygen atoms in total. The van der Waals surface area contributed by atoms with Gasteiger partial charge in [-0.25, -0.2) is 8.42 Å². The molecular weight excluding hydrogens is 399 g/mol. The largest absolute Gasteiger partial charge is 0.398 e. The van der Waals surface area contributed by atoms with E-state index in [-0.39, 0.29) is 20.6 Å². The van der Waals surface area contributed by atoms with Gasteiger partial charge in [0.25, 0.3) is 10.0 Å². The van der Waals surface area contributed by atoms with Crippen LogP contribution in [0.2, 0.25) is 10.0 Å². The van der Waals surface area contributed by atoms with E-state index in [9.17, 15) is 8.42 Å². The minimum absolute atomic E-state index is 0.0942. The lowest BCUT2D eigenvalue weighted by atomic mass is 10.2. The molecule has 2 rings (SSSR count). The van der Waals surface area contributed by atoms with Crippen LogP contribution in [0.1, 0.15) is 5.56 Å². The fourth-order valence-electron chi connectivity index (χ4n) is 1.65. The second-order valence-corrected chi connectivity index (χ2v) is 7.75. The fourth-order valence-corrected chi connectivity index (χ4v) is 3.92. The summed E-state index contributed by atoms with van der Waals surface area (Å²) in [6, 6.07) is 7.68. The molecule has 112 valence electrons. The summed E-state index contributed by atoms with van der Waals surface area (Å²) in [5, 5.41) is 0.373. The smallest absolute Gasteiger partial charge is 0.263 e. The van der Waals surface area contributed by atoms with Crippen molar-refractivity contribution < 1.29 is 8.42 Å². The molecule has 0 heterocycles. The lowest BCUT2D eigenvalue weighted by Crippen LogP contribution is -2.14. The first-order chi connectivity index (χ1) is 9.70. The van der Waals surface area contributed by atoms with Crippen LogP contribution in [-0.4, -0.2) is 8.42 Å². The van der Waals surface area contributed by atoms with E-state index in [2.05, 4.69) is 20.7 Å². The number of halogens is 3. The molecule has 0 radical (unpaired) electrons. The van der Waals surface area contributed by atoms with E-state index in [1.165, 1.54) is 12.1 Å². The van der Waals surface area contributed by atoms with Crippen molar-refractivity contribution in [3.8, 4) is 0 Å². The molecule has 0 aliphatic carbocycles. The van der Waals surface area contributed by atoms with Gasteiger partial charge < -0.3 is 5.73 Å². The normalized spacial score (nSPS) is 11.4. The zero-order valence-corrected chi connectivity index (χ0v) is 14.7. The highest BCUT2D eigenvalue weighted by molar-refractivity contribution is 9.10. The lowest BCUT2D eigenvalue weighted by molar-refractivity contribution is 0.601. The van der Waals surface area contributed by atoms with Gasteiger partial charge in [-0.2, -0.15) is 0 Å². The quantitative estimate of drug-likeness (QED) is 0.735. The minimum Gasteiger partial charge on any atom is -0.398 e. The zero-order chi connectivity index (χ0) is 15.8. The molecule has 0 fully saturated rings. The fraction of sp³-hybridized carbons (Fsp3) is 0.0769. The van der Waals surface area contributed by atoms with E-state index in [0.29, 0.717) is 15.7 Å². The number of benzene rings is 2. The highest BCUT2D eigenvalue weighted by Gasteiger charge is 2.20. The molecule has 0 aliphatic heterocycles. The molecule has 8 heteroatoms. The van der Waals surface area contributed by atoms with Crippen molar-refractivity contribution >= 4 is 60.5 Å². The summed E-state index contributed by atoms with van der Waals surface area (Å²) in [5.74, 6) is 0. The monoisotopic (exact) mass is 408 g/mol. The van der Waals surface area contributed by atoms with E-state index in [0.717, 1.165) is 0 Å². The summed E-state index contributed by atoms with van der Waals surface area (Å²) in [6.07, 6.45) is 0. The Kier molecular flexibility index (Phi) is 4.72. The number of nitrogen functional groups attached to an aromatic ring is 1. The zero-order valence-electron chi connectivity index (χ0n) is 10.8. The molecule has 0 amide bonds. The number of hydrogen-bond donors (Lipinski definition) is 2. The van der Waals surface area contributed by atoms with Crippen LogP contribution in [0.4, 0.5) is 11.4 Å². The Labute approximate surface area is 141 Å². The molecule has 2 aromatic rings. The summed E-state index contributed by atoms with van der Waals surface area (Å²) in [5.41, 5.74) is 7.06. The molecule has 0 unspecified atom stereocenters. The van der Waals surface area contributed by atoms with Crippen LogP contribution < -0.4 is 10.5 Å². The number of nitrogens with two attached hydrogens (primary N) is 1. The van der Waals surface area contributed by atoms with Gasteiger partial charge in [0.05, 0.1) is 15.7 Å². The van der Waals surface area contributed by atoms with Crippen LogP contribution in [0.15, 0.2) is 39.7 Å². The summed E-state index contributed by atoms with van der Waals surface area (Å²) < 4.78 is 27.9. The summed E-state index contributed by atoms with van der Waals surface area (Å²) in [6.45, 7) is 1.75. The highest BCUT2D eigenvalue weighted by Crippen LogP contribution is 2.31. The first-order valence-corrected chi connectivity index (χ1v) is 8.77. The third-order valence-electron chi connectivity index (χ3n) is 2.78. The molecular formula is C13H11BrCl2N2O2S. The molecule has 0 saturated heterocycles. The number of aryl methyl sites for hydroxylation is 1. The standard InChI is InChI=1S/C13H11BrCl2N2O2S/c1-7-4-10(16)13(6-11(7)17)21(19,20)18-12-5-8(14)2-3-9(12)15/h2-6,18H,17H2,1H3. The van der Waals surface area contributed by atoms with Gasteiger partial charge in [-0.3, -0.25) is 4.72 Å². The van der Waals surface area contributed by atoms with E-state index < -0.39 is 10.0 Å². The van der Waals surface area contributed by atoms with Crippen molar-refractivity contribution in [2.75, 3.05) is 10.5 Å². The van der Waals surface area contributed by atoms with Crippen LogP contribution in [0.25, 0.3) is 0 Å². The first kappa shape index (κ1) is 16.4. The Morgan fingerprint density at radius 3 is 2.48 bits per heavy atom. The van der Waals surface area contributed by atoms with Crippen LogP contribution in [0.5, 0.6) is 0 Å². The molecule has 2 aromatic carbocycles. The van der Waals surface area contributed by atoms with Crippen molar-refractivity contribution in [1.82, 2.24) is 0 Å². The van der Waals surface area contributed by atoms with Crippen molar-refractivity contribution in [3.05, 3.63) is 50.4 Å². The Hall–Kier alpha value is -0.950. The van der Waals surface area contributed by atoms with Crippen LogP contribution in [-0.2, 0) is 10.0 Å². The minimum atomic E-state index is -3.89. The Bertz CT molecular complexity index is 810. The Morgan fingerprint density at radius 1 is 1.14 bits per heavy atom. The van der Waals surface area contributed by atoms with Crippen molar-refractivity contribution in [3.63, 3.8) is 0 Å². The number of sulfonamides is 1. The van der Waals surface area contributed by atoms with Gasteiger partial charge in [-0.15, -0.1) is 0 Å². The Balaban J connectivity index is 2.48. The molecule has 0 aliphatic rings. The summed E-state index contributed by atoms with van der Waals surface area (Å²) >= 11 is 15.2. The van der Waals surface area contributed by atoms with Gasteiger partial charge in [0, 0.05) is 10.2 Å². The predicted octanol–water partition coefficient (Wildman–Crippen LogP) is 4.45. The van der Waals surface area contributed by atoms with Gasteiger partial charge in [-0.1, -0.05) is 39.1 Å². The maximum absolute atomic E-state index is 12.4. The molecule has 0 bridgehead atoms. The van der Waals surface area contributed by atoms with E-state index >= 15 is 0 Å². The van der Waals surface area contributed by atoms with Gasteiger partial charge in [0.15, 0.2) is 0 Å². The lowest BCUT2D eigenvalue weighted by Gasteiger charge is -2.12. The summed E-state index contributed by atoms with van der Waals surface area (Å²) in [7, 11) is -3.89. The van der Waals surface area contributed by atoms with Crippen molar-refractivity contribution in [2.45, 2.75) is 11.8 Å². The molecule has 0 saturated carbocycles. The maximum Gasteiger partial charge on any atom is 0.263 e.